The molecule has 37 heavy (non-hydrogen) atoms. The molecule has 2 atom stereocenters. The highest BCUT2D eigenvalue weighted by molar-refractivity contribution is 5.75. The number of ether oxygens (including phenoxy) is 1. The van der Waals surface area contributed by atoms with E-state index in [0.29, 0.717) is 5.52 Å². The van der Waals surface area contributed by atoms with Crippen LogP contribution in [0.4, 0.5) is 25.2 Å². The Morgan fingerprint density at radius 3 is 2.62 bits per heavy atom. The van der Waals surface area contributed by atoms with Gasteiger partial charge in [-0.3, -0.25) is 9.36 Å². The number of hydrogen-bond donors (Lipinski definition) is 2. The van der Waals surface area contributed by atoms with Gasteiger partial charge in [-0.2, -0.15) is 4.98 Å². The molecule has 1 aliphatic rings. The highest BCUT2D eigenvalue weighted by Crippen LogP contribution is 2.24. The zero-order valence-electron chi connectivity index (χ0n) is 21.5. The Hall–Kier alpha value is -3.83. The summed E-state index contributed by atoms with van der Waals surface area (Å²) in [5.41, 5.74) is 5.32. The number of fused-ring (bicyclic) bond motifs is 1. The highest BCUT2D eigenvalue weighted by atomic mass is 19.1. The van der Waals surface area contributed by atoms with E-state index < -0.39 is 35.3 Å². The molecule has 3 heterocycles. The lowest BCUT2D eigenvalue weighted by Gasteiger charge is -2.36. The maximum atomic E-state index is 14.5. The van der Waals surface area contributed by atoms with Gasteiger partial charge in [-0.05, 0) is 46.8 Å². The number of nitrogens with zero attached hydrogens (tertiary/aromatic N) is 5. The number of nitrogens with one attached hydrogen (secondary N) is 1. The Labute approximate surface area is 212 Å². The third-order valence-corrected chi connectivity index (χ3v) is 5.81. The Bertz CT molecular complexity index is 1390. The topological polar surface area (TPSA) is 128 Å². The number of carbonyl (C=O) groups is 1. The summed E-state index contributed by atoms with van der Waals surface area (Å²) < 4.78 is 35.4. The van der Waals surface area contributed by atoms with Crippen molar-refractivity contribution in [3.8, 4) is 11.3 Å². The Morgan fingerprint density at radius 2 is 1.97 bits per heavy atom. The number of benzene rings is 1. The minimum atomic E-state index is -1.25. The smallest absolute Gasteiger partial charge is 0.410 e. The molecule has 1 saturated heterocycles. The molecule has 0 bridgehead atoms. The second-order valence-electron chi connectivity index (χ2n) is 10.4. The highest BCUT2D eigenvalue weighted by Gasteiger charge is 2.33. The molecule has 0 radical (unpaired) electrons. The van der Waals surface area contributed by atoms with Crippen molar-refractivity contribution in [3.63, 3.8) is 0 Å². The number of hydrogen-bond acceptors (Lipinski definition) is 8. The number of anilines is 2. The van der Waals surface area contributed by atoms with Gasteiger partial charge in [0.05, 0.1) is 18.4 Å². The van der Waals surface area contributed by atoms with Gasteiger partial charge in [-0.25, -0.2) is 23.5 Å². The van der Waals surface area contributed by atoms with Gasteiger partial charge < -0.3 is 20.7 Å². The van der Waals surface area contributed by atoms with Gasteiger partial charge in [-0.15, -0.1) is 0 Å². The van der Waals surface area contributed by atoms with Crippen LogP contribution < -0.4 is 16.6 Å². The fourth-order valence-electron chi connectivity index (χ4n) is 4.21. The minimum absolute atomic E-state index is 0.0313. The second-order valence-corrected chi connectivity index (χ2v) is 10.4. The summed E-state index contributed by atoms with van der Waals surface area (Å²) in [5.74, 6) is -0.484. The third-order valence-electron chi connectivity index (χ3n) is 5.81. The second kappa shape index (κ2) is 9.91. The van der Waals surface area contributed by atoms with Gasteiger partial charge in [0.2, 0.25) is 5.95 Å². The fraction of sp³-hybridized carbons (Fsp3) is 0.480. The van der Waals surface area contributed by atoms with Crippen LogP contribution >= 0.6 is 0 Å². The molecule has 12 heteroatoms. The first-order valence-electron chi connectivity index (χ1n) is 12.1. The van der Waals surface area contributed by atoms with Crippen LogP contribution in [0.1, 0.15) is 47.1 Å². The lowest BCUT2D eigenvalue weighted by atomic mass is 10.0. The first-order chi connectivity index (χ1) is 17.3. The molecule has 3 N–H and O–H groups in total. The average molecular weight is 516 g/mol. The van der Waals surface area contributed by atoms with Gasteiger partial charge in [0, 0.05) is 30.6 Å². The number of nitrogen functional groups attached to an aromatic ring is 1. The number of carbonyl (C=O) groups excluding carboxylic acids is 1. The van der Waals surface area contributed by atoms with Crippen molar-refractivity contribution in [2.24, 2.45) is 0 Å². The number of amides is 1. The van der Waals surface area contributed by atoms with E-state index in [0.717, 1.165) is 0 Å². The van der Waals surface area contributed by atoms with E-state index in [1.807, 2.05) is 13.8 Å². The number of piperidine rings is 1. The van der Waals surface area contributed by atoms with Crippen LogP contribution in [-0.2, 0) is 4.74 Å². The number of aromatic nitrogens is 4. The van der Waals surface area contributed by atoms with Crippen molar-refractivity contribution in [2.45, 2.75) is 64.9 Å². The summed E-state index contributed by atoms with van der Waals surface area (Å²) in [4.78, 5) is 40.4. The van der Waals surface area contributed by atoms with E-state index in [9.17, 15) is 18.4 Å². The normalized spacial score (nSPS) is 18.3. The summed E-state index contributed by atoms with van der Waals surface area (Å²) >= 11 is 0. The van der Waals surface area contributed by atoms with Crippen molar-refractivity contribution in [2.75, 3.05) is 24.1 Å². The lowest BCUT2D eigenvalue weighted by molar-refractivity contribution is 0.0124. The number of alkyl halides is 1. The van der Waals surface area contributed by atoms with E-state index in [-0.39, 0.29) is 54.1 Å². The molecule has 0 aliphatic carbocycles. The van der Waals surface area contributed by atoms with Crippen LogP contribution in [0, 0.1) is 5.82 Å². The van der Waals surface area contributed by atoms with Crippen molar-refractivity contribution in [1.29, 1.82) is 0 Å². The summed E-state index contributed by atoms with van der Waals surface area (Å²) in [6.45, 7) is 9.02. The van der Waals surface area contributed by atoms with E-state index >= 15 is 0 Å². The maximum Gasteiger partial charge on any atom is 0.410 e. The van der Waals surface area contributed by atoms with E-state index in [4.69, 9.17) is 10.5 Å². The van der Waals surface area contributed by atoms with Gasteiger partial charge in [0.1, 0.15) is 28.8 Å². The number of nitrogens with two attached hydrogens (primary N) is 1. The molecular formula is C25H31F2N7O3. The third kappa shape index (κ3) is 5.78. The molecule has 2 aromatic heterocycles. The quantitative estimate of drug-likeness (QED) is 0.501. The van der Waals surface area contributed by atoms with Crippen LogP contribution in [0.2, 0.25) is 0 Å². The van der Waals surface area contributed by atoms with Gasteiger partial charge >= 0.3 is 6.09 Å². The van der Waals surface area contributed by atoms with Crippen molar-refractivity contribution in [1.82, 2.24) is 24.4 Å². The molecule has 1 fully saturated rings. The predicted molar refractivity (Wildman–Crippen MR) is 137 cm³/mol. The maximum absolute atomic E-state index is 14.5. The minimum Gasteiger partial charge on any atom is -0.444 e. The number of rotatable bonds is 4. The molecule has 1 aromatic carbocycles. The predicted octanol–water partition coefficient (Wildman–Crippen LogP) is 3.92. The van der Waals surface area contributed by atoms with Crippen LogP contribution in [-0.4, -0.2) is 61.4 Å². The molecule has 4 rings (SSSR count). The molecule has 3 aromatic rings. The zero-order valence-corrected chi connectivity index (χ0v) is 21.5. The van der Waals surface area contributed by atoms with E-state index in [2.05, 4.69) is 20.3 Å². The summed E-state index contributed by atoms with van der Waals surface area (Å²) in [6, 6.07) is 3.30. The van der Waals surface area contributed by atoms with E-state index in [1.165, 1.54) is 33.9 Å². The molecule has 198 valence electrons. The van der Waals surface area contributed by atoms with Crippen LogP contribution in [0.3, 0.4) is 0 Å². The van der Waals surface area contributed by atoms with Crippen LogP contribution in [0.25, 0.3) is 22.4 Å². The molecular weight excluding hydrogens is 484 g/mol. The molecule has 1 amide bonds. The first-order valence-corrected chi connectivity index (χ1v) is 12.1. The van der Waals surface area contributed by atoms with Crippen molar-refractivity contribution < 1.29 is 18.3 Å². The lowest BCUT2D eigenvalue weighted by Crippen LogP contribution is -2.51. The number of likely N-dealkylation sites (tertiary alicyclic amines) is 1. The molecule has 0 unspecified atom stereocenters. The summed E-state index contributed by atoms with van der Waals surface area (Å²) in [6.07, 6.45) is -0.248. The number of halogens is 2. The monoisotopic (exact) mass is 515 g/mol. The van der Waals surface area contributed by atoms with E-state index in [1.54, 1.807) is 20.8 Å². The van der Waals surface area contributed by atoms with Gasteiger partial charge in [0.15, 0.2) is 5.65 Å². The summed E-state index contributed by atoms with van der Waals surface area (Å²) in [7, 11) is 0. The average Bonchev–Trinajstić information content (AvgIpc) is 2.79. The largest absolute Gasteiger partial charge is 0.444 e. The Morgan fingerprint density at radius 1 is 1.24 bits per heavy atom. The van der Waals surface area contributed by atoms with Gasteiger partial charge in [0.25, 0.3) is 5.56 Å². The van der Waals surface area contributed by atoms with Crippen molar-refractivity contribution in [3.05, 3.63) is 40.6 Å². The molecule has 1 aliphatic heterocycles. The molecule has 10 nitrogen and oxygen atoms in total. The van der Waals surface area contributed by atoms with Crippen molar-refractivity contribution >= 4 is 28.9 Å². The zero-order chi connectivity index (χ0) is 27.1. The fourth-order valence-corrected chi connectivity index (χ4v) is 4.21. The molecule has 0 spiro atoms. The summed E-state index contributed by atoms with van der Waals surface area (Å²) in [5, 5.41) is 3.08. The molecule has 0 saturated carbocycles. The van der Waals surface area contributed by atoms with Crippen LogP contribution in [0.15, 0.2) is 29.2 Å². The first kappa shape index (κ1) is 26.2. The standard InChI is InChI=1S/C25H31F2N7O3/c1-13(2)34-21-19(31-20(22(34)35)14-6-7-18(28)17(27)8-14)10-29-23(32-21)30-16-9-15(26)11-33(12-16)24(36)37-25(3,4)5/h6-8,10,13,15-16H,9,11-12,28H2,1-5H3,(H,29,30,32)/t15-,16-/m0/s1. The SMILES string of the molecule is CC(C)n1c(=O)c(-c2ccc(N)c(F)c2)nc2cnc(N[C@H]3C[C@H](F)CN(C(=O)OC(C)(C)C)C3)nc21. The Kier molecular flexibility index (Phi) is 7.03. The van der Waals surface area contributed by atoms with Gasteiger partial charge in [-0.1, -0.05) is 6.07 Å². The van der Waals surface area contributed by atoms with Crippen LogP contribution in [0.5, 0.6) is 0 Å². The Balaban J connectivity index is 1.66.